The quantitative estimate of drug-likeness (QED) is 0.409. The molecule has 0 aliphatic carbocycles. The molecule has 4 nitrogen and oxygen atoms in total. The van der Waals surface area contributed by atoms with Gasteiger partial charge in [0.15, 0.2) is 5.76 Å². The summed E-state index contributed by atoms with van der Waals surface area (Å²) in [4.78, 5) is 0. The Bertz CT molecular complexity index is 1100. The Hall–Kier alpha value is -2.56. The van der Waals surface area contributed by atoms with Gasteiger partial charge in [0.05, 0.1) is 0 Å². The van der Waals surface area contributed by atoms with Crippen molar-refractivity contribution < 1.29 is 20.1 Å². The largest absolute Gasteiger partial charge is 0.508 e. The number of halogens is 2. The summed E-state index contributed by atoms with van der Waals surface area (Å²) in [6, 6.07) is 4.87. The zero-order chi connectivity index (χ0) is 22.9. The third-order valence-electron chi connectivity index (χ3n) is 5.06. The van der Waals surface area contributed by atoms with E-state index in [-0.39, 0.29) is 29.4 Å². The van der Waals surface area contributed by atoms with E-state index >= 15 is 0 Å². The van der Waals surface area contributed by atoms with Crippen LogP contribution in [0.15, 0.2) is 47.3 Å². The van der Waals surface area contributed by atoms with Crippen molar-refractivity contribution in [2.45, 2.75) is 47.0 Å². The first-order valence-electron chi connectivity index (χ1n) is 10.00. The summed E-state index contributed by atoms with van der Waals surface area (Å²) in [6.07, 6.45) is 4.77. The van der Waals surface area contributed by atoms with Crippen molar-refractivity contribution in [3.8, 4) is 17.2 Å². The fraction of sp³-hybridized carbons (Fsp3) is 0.280. The first-order valence-corrected chi connectivity index (χ1v) is 10.8. The monoisotopic (exact) mass is 460 g/mol. The molecule has 0 aromatic heterocycles. The maximum absolute atomic E-state index is 11.0. The molecule has 0 spiro atoms. The van der Waals surface area contributed by atoms with Gasteiger partial charge in [-0.15, -0.1) is 0 Å². The molecule has 31 heavy (non-hydrogen) atoms. The highest BCUT2D eigenvalue weighted by atomic mass is 35.5. The number of benzene rings is 2. The number of phenols is 2. The lowest BCUT2D eigenvalue weighted by atomic mass is 9.92. The zero-order valence-corrected chi connectivity index (χ0v) is 19.5. The topological polar surface area (TPSA) is 69.9 Å². The molecular formula is C25H26Cl2O4. The van der Waals surface area contributed by atoms with Crippen molar-refractivity contribution in [1.29, 1.82) is 0 Å². The predicted octanol–water partition coefficient (Wildman–Crippen LogP) is 7.28. The molecule has 0 unspecified atom stereocenters. The van der Waals surface area contributed by atoms with Gasteiger partial charge in [0.25, 0.3) is 0 Å². The van der Waals surface area contributed by atoms with E-state index in [0.29, 0.717) is 50.9 Å². The molecule has 0 atom stereocenters. The van der Waals surface area contributed by atoms with Crippen LogP contribution in [0.3, 0.4) is 0 Å². The molecule has 2 aromatic carbocycles. The number of hydrogen-bond donors (Lipinski definition) is 3. The molecule has 0 saturated heterocycles. The molecule has 1 aliphatic heterocycles. The Labute approximate surface area is 192 Å². The average Bonchev–Trinajstić information content (AvgIpc) is 2.66. The van der Waals surface area contributed by atoms with Crippen LogP contribution in [0.25, 0.3) is 5.76 Å². The Morgan fingerprint density at radius 3 is 1.97 bits per heavy atom. The number of aliphatic hydroxyl groups excluding tert-OH is 1. The smallest absolute Gasteiger partial charge is 0.172 e. The Morgan fingerprint density at radius 2 is 1.42 bits per heavy atom. The van der Waals surface area contributed by atoms with Gasteiger partial charge in [-0.1, -0.05) is 46.5 Å². The lowest BCUT2D eigenvalue weighted by molar-refractivity contribution is 0.346. The van der Waals surface area contributed by atoms with Crippen molar-refractivity contribution in [3.05, 3.63) is 79.6 Å². The number of aromatic hydroxyl groups is 2. The lowest BCUT2D eigenvalue weighted by Gasteiger charge is -2.26. The van der Waals surface area contributed by atoms with Gasteiger partial charge >= 0.3 is 0 Å². The number of allylic oxidation sites excluding steroid dienone is 5. The van der Waals surface area contributed by atoms with Crippen molar-refractivity contribution in [2.75, 3.05) is 0 Å². The molecule has 3 N–H and O–H groups in total. The van der Waals surface area contributed by atoms with Crippen molar-refractivity contribution in [2.24, 2.45) is 0 Å². The van der Waals surface area contributed by atoms with Gasteiger partial charge in [0, 0.05) is 38.7 Å². The number of ether oxygens (including phenoxy) is 1. The summed E-state index contributed by atoms with van der Waals surface area (Å²) in [5.74, 6) is 0.425. The van der Waals surface area contributed by atoms with Crippen molar-refractivity contribution in [1.82, 2.24) is 0 Å². The van der Waals surface area contributed by atoms with Crippen LogP contribution >= 0.6 is 23.2 Å². The summed E-state index contributed by atoms with van der Waals surface area (Å²) < 4.78 is 6.09. The molecule has 6 heteroatoms. The maximum atomic E-state index is 11.0. The highest BCUT2D eigenvalue weighted by Crippen LogP contribution is 2.48. The van der Waals surface area contributed by atoms with E-state index in [4.69, 9.17) is 27.9 Å². The van der Waals surface area contributed by atoms with Gasteiger partial charge in [-0.3, -0.25) is 0 Å². The van der Waals surface area contributed by atoms with E-state index in [0.717, 1.165) is 11.1 Å². The van der Waals surface area contributed by atoms with Gasteiger partial charge in [-0.2, -0.15) is 0 Å². The van der Waals surface area contributed by atoms with E-state index in [9.17, 15) is 15.3 Å². The number of rotatable bonds is 5. The van der Waals surface area contributed by atoms with Crippen LogP contribution in [0, 0.1) is 0 Å². The minimum atomic E-state index is -0.0688. The molecule has 0 saturated carbocycles. The average molecular weight is 461 g/mol. The van der Waals surface area contributed by atoms with Gasteiger partial charge in [-0.05, 0) is 58.7 Å². The first kappa shape index (κ1) is 23.1. The Morgan fingerprint density at radius 1 is 0.871 bits per heavy atom. The summed E-state index contributed by atoms with van der Waals surface area (Å²) in [7, 11) is 0. The molecular weight excluding hydrogens is 435 g/mol. The van der Waals surface area contributed by atoms with E-state index in [1.165, 1.54) is 0 Å². The van der Waals surface area contributed by atoms with Crippen LogP contribution in [-0.4, -0.2) is 15.3 Å². The molecule has 1 aliphatic rings. The van der Waals surface area contributed by atoms with E-state index in [1.54, 1.807) is 18.2 Å². The van der Waals surface area contributed by atoms with E-state index < -0.39 is 0 Å². The number of fused-ring (bicyclic) bond motifs is 1. The molecule has 1 heterocycles. The highest BCUT2D eigenvalue weighted by Gasteiger charge is 2.30. The van der Waals surface area contributed by atoms with Crippen LogP contribution in [-0.2, 0) is 19.3 Å². The third kappa shape index (κ3) is 5.03. The van der Waals surface area contributed by atoms with Crippen LogP contribution in [0.4, 0.5) is 0 Å². The van der Waals surface area contributed by atoms with Crippen LogP contribution < -0.4 is 4.74 Å². The predicted molar refractivity (Wildman–Crippen MR) is 126 cm³/mol. The lowest BCUT2D eigenvalue weighted by Crippen LogP contribution is -2.13. The standard InChI is InChI=1S/C25H26Cl2O4/c1-13(2)5-7-18-22(29)19(8-6-14(3)4)25-20(23(18)30)12-21(28)24(31-25)15-9-16(26)11-17(27)10-15/h5-6,9-11,28-30H,7-8,12H2,1-4H3. The minimum absolute atomic E-state index is 0.00360. The van der Waals surface area contributed by atoms with Gasteiger partial charge in [-0.25, -0.2) is 0 Å². The highest BCUT2D eigenvalue weighted by molar-refractivity contribution is 6.34. The molecule has 164 valence electrons. The van der Waals surface area contributed by atoms with Crippen molar-refractivity contribution >= 4 is 29.0 Å². The molecule has 0 fully saturated rings. The van der Waals surface area contributed by atoms with Crippen LogP contribution in [0.1, 0.15) is 49.9 Å². The van der Waals surface area contributed by atoms with Crippen LogP contribution in [0.2, 0.25) is 10.0 Å². The summed E-state index contributed by atoms with van der Waals surface area (Å²) in [5.41, 5.74) is 4.10. The van der Waals surface area contributed by atoms with Gasteiger partial charge in [0.2, 0.25) is 0 Å². The minimum Gasteiger partial charge on any atom is -0.508 e. The number of aliphatic hydroxyl groups is 1. The Balaban J connectivity index is 2.19. The fourth-order valence-corrected chi connectivity index (χ4v) is 4.00. The second-order valence-corrected chi connectivity index (χ2v) is 9.02. The summed E-state index contributed by atoms with van der Waals surface area (Å²) >= 11 is 12.3. The molecule has 3 rings (SSSR count). The SMILES string of the molecule is CC(C)=CCc1c(O)c(CC=C(C)C)c2c(c1O)CC(O)=C(c1cc(Cl)cc(Cl)c1)O2. The Kier molecular flexibility index (Phi) is 6.93. The van der Waals surface area contributed by atoms with Gasteiger partial charge in [0.1, 0.15) is 23.0 Å². The molecule has 0 bridgehead atoms. The zero-order valence-electron chi connectivity index (χ0n) is 18.0. The number of phenolic OH excluding ortho intramolecular Hbond substituents is 2. The van der Waals surface area contributed by atoms with E-state index in [1.807, 2.05) is 39.8 Å². The third-order valence-corrected chi connectivity index (χ3v) is 5.49. The fourth-order valence-electron chi connectivity index (χ4n) is 3.48. The number of hydrogen-bond acceptors (Lipinski definition) is 4. The first-order chi connectivity index (χ1) is 14.6. The van der Waals surface area contributed by atoms with Gasteiger partial charge < -0.3 is 20.1 Å². The summed E-state index contributed by atoms with van der Waals surface area (Å²) in [5, 5.41) is 33.5. The molecule has 2 aromatic rings. The van der Waals surface area contributed by atoms with Crippen molar-refractivity contribution in [3.63, 3.8) is 0 Å². The van der Waals surface area contributed by atoms with Crippen LogP contribution in [0.5, 0.6) is 17.2 Å². The normalized spacial score (nSPS) is 12.8. The summed E-state index contributed by atoms with van der Waals surface area (Å²) in [6.45, 7) is 7.85. The van der Waals surface area contributed by atoms with E-state index in [2.05, 4.69) is 0 Å². The molecule has 0 radical (unpaired) electrons. The molecule has 0 amide bonds. The maximum Gasteiger partial charge on any atom is 0.172 e. The second kappa shape index (κ2) is 9.29. The second-order valence-electron chi connectivity index (χ2n) is 8.15.